The van der Waals surface area contributed by atoms with Crippen molar-refractivity contribution in [2.45, 2.75) is 30.8 Å². The smallest absolute Gasteiger partial charge is 0.227 e. The lowest BCUT2D eigenvalue weighted by molar-refractivity contribution is -0.114. The molecule has 0 saturated heterocycles. The average molecular weight is 473 g/mol. The summed E-state index contributed by atoms with van der Waals surface area (Å²) >= 11 is 4.81. The molecule has 2 heterocycles. The molecule has 5 nitrogen and oxygen atoms in total. The van der Waals surface area contributed by atoms with E-state index < -0.39 is 0 Å². The molecule has 1 unspecified atom stereocenters. The molecule has 2 aromatic carbocycles. The first kappa shape index (κ1) is 19.8. The first-order chi connectivity index (χ1) is 13.9. The Morgan fingerprint density at radius 2 is 1.97 bits per heavy atom. The van der Waals surface area contributed by atoms with Crippen LogP contribution in [0, 0.1) is 5.82 Å². The van der Waals surface area contributed by atoms with E-state index in [0.29, 0.717) is 28.0 Å². The van der Waals surface area contributed by atoms with Gasteiger partial charge in [-0.3, -0.25) is 4.79 Å². The van der Waals surface area contributed by atoms with Crippen LogP contribution in [0.25, 0.3) is 0 Å². The van der Waals surface area contributed by atoms with Crippen LogP contribution in [0.1, 0.15) is 31.0 Å². The summed E-state index contributed by atoms with van der Waals surface area (Å²) in [6.07, 6.45) is 0. The maximum Gasteiger partial charge on any atom is 0.227 e. The van der Waals surface area contributed by atoms with Crippen molar-refractivity contribution in [3.63, 3.8) is 0 Å². The van der Waals surface area contributed by atoms with Crippen LogP contribution < -0.4 is 5.32 Å². The molecule has 0 saturated carbocycles. The van der Waals surface area contributed by atoms with Crippen LogP contribution in [0.4, 0.5) is 10.3 Å². The number of carbonyl (C=O) groups excluding carboxylic acids is 1. The predicted molar refractivity (Wildman–Crippen MR) is 115 cm³/mol. The number of nitrogens with zero attached hydrogens (tertiary/aromatic N) is 3. The topological polar surface area (TPSA) is 59.8 Å². The minimum Gasteiger partial charge on any atom is -0.328 e. The van der Waals surface area contributed by atoms with E-state index in [1.54, 1.807) is 23.7 Å². The van der Waals surface area contributed by atoms with Crippen molar-refractivity contribution < 1.29 is 9.18 Å². The molecular formula is C21H18BrFN4OS. The highest BCUT2D eigenvalue weighted by molar-refractivity contribution is 9.10. The van der Waals surface area contributed by atoms with Gasteiger partial charge in [0, 0.05) is 21.5 Å². The fourth-order valence-corrected chi connectivity index (χ4v) is 4.44. The summed E-state index contributed by atoms with van der Waals surface area (Å²) in [5.41, 5.74) is 2.95. The Bertz CT molecular complexity index is 1110. The number of aromatic nitrogens is 3. The molecule has 0 radical (unpaired) electrons. The van der Waals surface area contributed by atoms with E-state index in [1.807, 2.05) is 37.3 Å². The molecule has 0 aliphatic carbocycles. The first-order valence-electron chi connectivity index (χ1n) is 9.01. The Morgan fingerprint density at radius 3 is 2.66 bits per heavy atom. The maximum absolute atomic E-state index is 13.9. The summed E-state index contributed by atoms with van der Waals surface area (Å²) < 4.78 is 16.6. The van der Waals surface area contributed by atoms with Gasteiger partial charge in [-0.25, -0.2) is 9.07 Å². The number of anilines is 1. The molecule has 148 valence electrons. The van der Waals surface area contributed by atoms with Gasteiger partial charge in [-0.1, -0.05) is 58.0 Å². The molecule has 4 rings (SSSR count). The van der Waals surface area contributed by atoms with Gasteiger partial charge in [-0.05, 0) is 43.2 Å². The van der Waals surface area contributed by atoms with Gasteiger partial charge in [0.15, 0.2) is 5.78 Å². The second-order valence-electron chi connectivity index (χ2n) is 6.72. The molecule has 29 heavy (non-hydrogen) atoms. The van der Waals surface area contributed by atoms with Crippen LogP contribution in [0.5, 0.6) is 0 Å². The highest BCUT2D eigenvalue weighted by Gasteiger charge is 2.32. The number of halogens is 2. The quantitative estimate of drug-likeness (QED) is 0.507. The molecule has 0 spiro atoms. The molecule has 0 fully saturated rings. The number of allylic oxidation sites excluding steroid dienone is 2. The van der Waals surface area contributed by atoms with Crippen LogP contribution >= 0.6 is 27.7 Å². The van der Waals surface area contributed by atoms with Crippen molar-refractivity contribution in [1.29, 1.82) is 0 Å². The Balaban J connectivity index is 1.69. The third kappa shape index (κ3) is 4.00. The summed E-state index contributed by atoms with van der Waals surface area (Å²) in [7, 11) is 0. The number of thioether (sulfide) groups is 1. The van der Waals surface area contributed by atoms with Crippen molar-refractivity contribution in [2.75, 3.05) is 5.32 Å². The molecule has 0 bridgehead atoms. The van der Waals surface area contributed by atoms with Crippen molar-refractivity contribution in [2.24, 2.45) is 0 Å². The molecule has 0 amide bonds. The number of hydrogen-bond acceptors (Lipinski definition) is 5. The molecule has 3 aromatic rings. The van der Waals surface area contributed by atoms with Crippen LogP contribution in [-0.4, -0.2) is 20.5 Å². The third-order valence-corrected chi connectivity index (χ3v) is 6.13. The normalized spacial score (nSPS) is 15.8. The highest BCUT2D eigenvalue weighted by Crippen LogP contribution is 2.37. The molecule has 1 aliphatic heterocycles. The van der Waals surface area contributed by atoms with Crippen LogP contribution in [0.3, 0.4) is 0 Å². The Labute approximate surface area is 180 Å². The standard InChI is InChI=1S/C21H18BrFN4OS/c1-12-18(13(2)28)19(14-7-9-16(22)10-8-14)27-20(24-12)25-21(26-27)29-11-15-5-3-4-6-17(15)23/h3-10,19H,11H2,1-2H3,(H,24,25,26). The number of ketones is 1. The molecule has 1 aliphatic rings. The Hall–Kier alpha value is -2.45. The van der Waals surface area contributed by atoms with Crippen molar-refractivity contribution in [3.05, 3.63) is 81.2 Å². The summed E-state index contributed by atoms with van der Waals surface area (Å²) in [4.78, 5) is 17.0. The van der Waals surface area contributed by atoms with Gasteiger partial charge >= 0.3 is 0 Å². The fourth-order valence-electron chi connectivity index (χ4n) is 3.36. The van der Waals surface area contributed by atoms with E-state index in [4.69, 9.17) is 0 Å². The van der Waals surface area contributed by atoms with Crippen molar-refractivity contribution in [3.8, 4) is 0 Å². The van der Waals surface area contributed by atoms with Crippen molar-refractivity contribution >= 4 is 39.4 Å². The molecule has 1 atom stereocenters. The number of Topliss-reactive ketones (excluding diaryl/α,β-unsaturated/α-hetero) is 1. The summed E-state index contributed by atoms with van der Waals surface area (Å²) in [5.74, 6) is 0.720. The van der Waals surface area contributed by atoms with E-state index in [2.05, 4.69) is 31.3 Å². The predicted octanol–water partition coefficient (Wildman–Crippen LogP) is 5.35. The second kappa shape index (κ2) is 8.12. The van der Waals surface area contributed by atoms with Gasteiger partial charge in [-0.2, -0.15) is 4.98 Å². The zero-order valence-corrected chi connectivity index (χ0v) is 18.2. The van der Waals surface area contributed by atoms with Gasteiger partial charge in [0.2, 0.25) is 11.1 Å². The van der Waals surface area contributed by atoms with Crippen molar-refractivity contribution in [1.82, 2.24) is 14.8 Å². The number of benzene rings is 2. The van der Waals surface area contributed by atoms with E-state index >= 15 is 0 Å². The lowest BCUT2D eigenvalue weighted by Gasteiger charge is -2.28. The van der Waals surface area contributed by atoms with Gasteiger partial charge < -0.3 is 5.32 Å². The van der Waals surface area contributed by atoms with E-state index in [1.165, 1.54) is 17.8 Å². The number of fused-ring (bicyclic) bond motifs is 1. The van der Waals surface area contributed by atoms with Gasteiger partial charge in [0.05, 0.1) is 0 Å². The van der Waals surface area contributed by atoms with Crippen LogP contribution in [-0.2, 0) is 10.5 Å². The fraction of sp³-hybridized carbons (Fsp3) is 0.190. The number of hydrogen-bond donors (Lipinski definition) is 1. The largest absolute Gasteiger partial charge is 0.328 e. The lowest BCUT2D eigenvalue weighted by Crippen LogP contribution is -2.27. The zero-order valence-electron chi connectivity index (χ0n) is 15.8. The van der Waals surface area contributed by atoms with Crippen LogP contribution in [0.15, 0.2) is 69.4 Å². The lowest BCUT2D eigenvalue weighted by atomic mass is 9.93. The number of nitrogens with one attached hydrogen (secondary N) is 1. The minimum absolute atomic E-state index is 0.0235. The summed E-state index contributed by atoms with van der Waals surface area (Å²) in [5, 5.41) is 8.34. The molecule has 8 heteroatoms. The Kier molecular flexibility index (Phi) is 5.56. The summed E-state index contributed by atoms with van der Waals surface area (Å²) in [6.45, 7) is 3.43. The van der Waals surface area contributed by atoms with Gasteiger partial charge in [0.25, 0.3) is 0 Å². The third-order valence-electron chi connectivity index (χ3n) is 4.71. The monoisotopic (exact) mass is 472 g/mol. The summed E-state index contributed by atoms with van der Waals surface area (Å²) in [6, 6.07) is 14.1. The van der Waals surface area contributed by atoms with Gasteiger partial charge in [-0.15, -0.1) is 5.10 Å². The van der Waals surface area contributed by atoms with Gasteiger partial charge in [0.1, 0.15) is 11.9 Å². The maximum atomic E-state index is 13.9. The average Bonchev–Trinajstić information content (AvgIpc) is 3.09. The minimum atomic E-state index is -0.368. The first-order valence-corrected chi connectivity index (χ1v) is 10.8. The number of rotatable bonds is 5. The van der Waals surface area contributed by atoms with E-state index in [9.17, 15) is 9.18 Å². The zero-order chi connectivity index (χ0) is 20.5. The Morgan fingerprint density at radius 1 is 1.24 bits per heavy atom. The molecule has 1 aromatic heterocycles. The molecular weight excluding hydrogens is 455 g/mol. The molecule has 1 N–H and O–H groups in total. The SMILES string of the molecule is CC(=O)C1=C(C)Nc2nc(SCc3ccccc3F)nn2C1c1ccc(Br)cc1. The van der Waals surface area contributed by atoms with E-state index in [0.717, 1.165) is 15.7 Å². The van der Waals surface area contributed by atoms with Crippen LogP contribution in [0.2, 0.25) is 0 Å². The highest BCUT2D eigenvalue weighted by atomic mass is 79.9. The van der Waals surface area contributed by atoms with E-state index in [-0.39, 0.29) is 17.6 Å². The number of carbonyl (C=O) groups is 1. The second-order valence-corrected chi connectivity index (χ2v) is 8.57.